The number of alkyl halides is 1. The van der Waals surface area contributed by atoms with Crippen molar-refractivity contribution in [2.45, 2.75) is 32.1 Å². The molecule has 3 heteroatoms. The molecular formula is C8H14ClNO. The second kappa shape index (κ2) is 3.02. The van der Waals surface area contributed by atoms with E-state index in [2.05, 4.69) is 5.32 Å². The molecule has 0 radical (unpaired) electrons. The van der Waals surface area contributed by atoms with Gasteiger partial charge in [0, 0.05) is 17.3 Å². The molecule has 0 aromatic carbocycles. The van der Waals surface area contributed by atoms with E-state index in [1.165, 1.54) is 0 Å². The molecule has 1 unspecified atom stereocenters. The summed E-state index contributed by atoms with van der Waals surface area (Å²) in [4.78, 5) is 11.3. The molecule has 1 amide bonds. The molecule has 1 atom stereocenters. The first-order chi connectivity index (χ1) is 5.04. The summed E-state index contributed by atoms with van der Waals surface area (Å²) >= 11 is 5.68. The van der Waals surface area contributed by atoms with Gasteiger partial charge in [-0.25, -0.2) is 0 Å². The fraction of sp³-hybridized carbons (Fsp3) is 0.875. The predicted octanol–water partition coefficient (Wildman–Crippen LogP) is 1.53. The van der Waals surface area contributed by atoms with E-state index >= 15 is 0 Å². The largest absolute Gasteiger partial charge is 0.354 e. The zero-order valence-electron chi connectivity index (χ0n) is 6.98. The maximum atomic E-state index is 11.3. The van der Waals surface area contributed by atoms with Crippen molar-refractivity contribution in [2.75, 3.05) is 6.54 Å². The summed E-state index contributed by atoms with van der Waals surface area (Å²) in [6.07, 6.45) is 2.05. The number of hydrogen-bond donors (Lipinski definition) is 1. The Morgan fingerprint density at radius 1 is 1.73 bits per heavy atom. The molecule has 1 rings (SSSR count). The van der Waals surface area contributed by atoms with Crippen LogP contribution in [0.15, 0.2) is 0 Å². The molecule has 0 heterocycles. The molecule has 1 saturated carbocycles. The summed E-state index contributed by atoms with van der Waals surface area (Å²) in [5, 5.41) is 2.84. The van der Waals surface area contributed by atoms with Crippen molar-refractivity contribution in [2.24, 2.45) is 5.41 Å². The quantitative estimate of drug-likeness (QED) is 0.648. The van der Waals surface area contributed by atoms with Crippen LogP contribution in [0.1, 0.15) is 26.7 Å². The Balaban J connectivity index is 2.22. The summed E-state index contributed by atoms with van der Waals surface area (Å²) in [5.74, 6) is 0.157. The van der Waals surface area contributed by atoms with Gasteiger partial charge in [-0.1, -0.05) is 6.92 Å². The van der Waals surface area contributed by atoms with Gasteiger partial charge in [0.1, 0.15) is 0 Å². The maximum absolute atomic E-state index is 11.3. The van der Waals surface area contributed by atoms with Crippen LogP contribution >= 0.6 is 11.6 Å². The lowest BCUT2D eigenvalue weighted by atomic mass is 10.1. The van der Waals surface area contributed by atoms with Gasteiger partial charge in [-0.05, 0) is 19.8 Å². The third-order valence-electron chi connectivity index (χ3n) is 2.09. The van der Waals surface area contributed by atoms with Gasteiger partial charge in [0.15, 0.2) is 0 Å². The maximum Gasteiger partial charge on any atom is 0.225 e. The summed E-state index contributed by atoms with van der Waals surface area (Å²) in [6.45, 7) is 4.44. The normalized spacial score (nSPS) is 22.5. The molecule has 0 aliphatic heterocycles. The van der Waals surface area contributed by atoms with E-state index in [-0.39, 0.29) is 16.7 Å². The standard InChI is InChI=1S/C8H14ClNO/c1-6(9)5-10-7(11)8(2)3-4-8/h6H,3-5H2,1-2H3,(H,10,11). The van der Waals surface area contributed by atoms with Crippen molar-refractivity contribution in [1.82, 2.24) is 5.32 Å². The molecule has 1 aliphatic rings. The van der Waals surface area contributed by atoms with Crippen LogP contribution < -0.4 is 5.32 Å². The van der Waals surface area contributed by atoms with Gasteiger partial charge < -0.3 is 5.32 Å². The Hall–Kier alpha value is -0.240. The van der Waals surface area contributed by atoms with Gasteiger partial charge in [0.05, 0.1) is 0 Å². The molecule has 2 nitrogen and oxygen atoms in total. The molecule has 64 valence electrons. The fourth-order valence-electron chi connectivity index (χ4n) is 0.861. The number of carbonyl (C=O) groups is 1. The lowest BCUT2D eigenvalue weighted by Crippen LogP contribution is -2.33. The molecule has 0 aromatic rings. The van der Waals surface area contributed by atoms with Crippen LogP contribution in [0, 0.1) is 5.41 Å². The molecule has 0 saturated heterocycles. The average molecular weight is 176 g/mol. The number of carbonyl (C=O) groups excluding carboxylic acids is 1. The zero-order chi connectivity index (χ0) is 8.48. The van der Waals surface area contributed by atoms with Gasteiger partial charge in [-0.2, -0.15) is 0 Å². The first-order valence-corrected chi connectivity index (χ1v) is 4.41. The Bertz CT molecular complexity index is 163. The van der Waals surface area contributed by atoms with E-state index < -0.39 is 0 Å². The smallest absolute Gasteiger partial charge is 0.225 e. The van der Waals surface area contributed by atoms with Crippen molar-refractivity contribution >= 4 is 17.5 Å². The number of hydrogen-bond acceptors (Lipinski definition) is 1. The van der Waals surface area contributed by atoms with Gasteiger partial charge in [0.2, 0.25) is 5.91 Å². The average Bonchev–Trinajstić information content (AvgIpc) is 2.64. The van der Waals surface area contributed by atoms with E-state index in [0.717, 1.165) is 12.8 Å². The molecule has 1 aliphatic carbocycles. The van der Waals surface area contributed by atoms with Crippen LogP contribution in [0.2, 0.25) is 0 Å². The van der Waals surface area contributed by atoms with Crippen LogP contribution in [-0.4, -0.2) is 17.8 Å². The van der Waals surface area contributed by atoms with Crippen LogP contribution in [0.5, 0.6) is 0 Å². The first kappa shape index (κ1) is 8.85. The SMILES string of the molecule is CC(Cl)CNC(=O)C1(C)CC1. The Morgan fingerprint density at radius 2 is 2.27 bits per heavy atom. The third kappa shape index (κ3) is 2.37. The fourth-order valence-corrected chi connectivity index (χ4v) is 0.938. The minimum absolute atomic E-state index is 0.0290. The van der Waals surface area contributed by atoms with Gasteiger partial charge in [0.25, 0.3) is 0 Å². The molecule has 0 spiro atoms. The van der Waals surface area contributed by atoms with Crippen molar-refractivity contribution in [3.63, 3.8) is 0 Å². The molecule has 0 aromatic heterocycles. The first-order valence-electron chi connectivity index (χ1n) is 3.97. The molecule has 11 heavy (non-hydrogen) atoms. The summed E-state index contributed by atoms with van der Waals surface area (Å²) < 4.78 is 0. The molecule has 1 fully saturated rings. The number of rotatable bonds is 3. The van der Waals surface area contributed by atoms with E-state index in [4.69, 9.17) is 11.6 Å². The van der Waals surface area contributed by atoms with E-state index in [9.17, 15) is 4.79 Å². The minimum atomic E-state index is -0.0637. The Morgan fingerprint density at radius 3 is 2.64 bits per heavy atom. The molecular weight excluding hydrogens is 162 g/mol. The van der Waals surface area contributed by atoms with Gasteiger partial charge in [-0.3, -0.25) is 4.79 Å². The summed E-state index contributed by atoms with van der Waals surface area (Å²) in [5.41, 5.74) is -0.0637. The van der Waals surface area contributed by atoms with Crippen LogP contribution in [0.4, 0.5) is 0 Å². The van der Waals surface area contributed by atoms with E-state index in [1.807, 2.05) is 13.8 Å². The van der Waals surface area contributed by atoms with Crippen molar-refractivity contribution in [1.29, 1.82) is 0 Å². The number of amides is 1. The van der Waals surface area contributed by atoms with E-state index in [0.29, 0.717) is 6.54 Å². The van der Waals surface area contributed by atoms with Crippen molar-refractivity contribution in [3.05, 3.63) is 0 Å². The predicted molar refractivity (Wildman–Crippen MR) is 45.7 cm³/mol. The Labute approximate surface area is 72.3 Å². The Kier molecular flexibility index (Phi) is 2.43. The van der Waals surface area contributed by atoms with Crippen LogP contribution in [0.3, 0.4) is 0 Å². The highest BCUT2D eigenvalue weighted by atomic mass is 35.5. The number of nitrogens with one attached hydrogen (secondary N) is 1. The van der Waals surface area contributed by atoms with Crippen LogP contribution in [-0.2, 0) is 4.79 Å². The van der Waals surface area contributed by atoms with Gasteiger partial charge in [-0.15, -0.1) is 11.6 Å². The second-order valence-electron chi connectivity index (χ2n) is 3.55. The summed E-state index contributed by atoms with van der Waals surface area (Å²) in [7, 11) is 0. The van der Waals surface area contributed by atoms with E-state index in [1.54, 1.807) is 0 Å². The number of halogens is 1. The monoisotopic (exact) mass is 175 g/mol. The second-order valence-corrected chi connectivity index (χ2v) is 4.30. The highest BCUT2D eigenvalue weighted by Crippen LogP contribution is 2.44. The highest BCUT2D eigenvalue weighted by molar-refractivity contribution is 6.20. The lowest BCUT2D eigenvalue weighted by Gasteiger charge is -2.10. The van der Waals surface area contributed by atoms with Crippen molar-refractivity contribution < 1.29 is 4.79 Å². The molecule has 1 N–H and O–H groups in total. The lowest BCUT2D eigenvalue weighted by molar-refractivity contribution is -0.125. The van der Waals surface area contributed by atoms with Crippen molar-refractivity contribution in [3.8, 4) is 0 Å². The summed E-state index contributed by atoms with van der Waals surface area (Å²) in [6, 6.07) is 0. The third-order valence-corrected chi connectivity index (χ3v) is 2.25. The van der Waals surface area contributed by atoms with Gasteiger partial charge >= 0.3 is 0 Å². The minimum Gasteiger partial charge on any atom is -0.354 e. The highest BCUT2D eigenvalue weighted by Gasteiger charge is 2.44. The topological polar surface area (TPSA) is 29.1 Å². The molecule has 0 bridgehead atoms. The van der Waals surface area contributed by atoms with Crippen LogP contribution in [0.25, 0.3) is 0 Å². The zero-order valence-corrected chi connectivity index (χ0v) is 7.74.